The number of H-pyrrole nitrogens is 1. The van der Waals surface area contributed by atoms with E-state index >= 15 is 0 Å². The molecule has 0 spiro atoms. The molecule has 2 aromatic heterocycles. The molecule has 2 aromatic rings. The van der Waals surface area contributed by atoms with Crippen molar-refractivity contribution >= 4 is 29.2 Å². The lowest BCUT2D eigenvalue weighted by Gasteiger charge is -2.39. The predicted octanol–water partition coefficient (Wildman–Crippen LogP) is 2.09. The van der Waals surface area contributed by atoms with E-state index in [1.165, 1.54) is 12.3 Å². The molecule has 1 saturated heterocycles. The number of hydrogen-bond acceptors (Lipinski definition) is 5. The maximum absolute atomic E-state index is 12.5. The SMILES string of the molecule is CO[C@H]1CN(c2ccnc(C(=O)O)c2)CC[C@H]1NC(=O)c1cc(Cl)c(C)[nH]1. The first-order valence-corrected chi connectivity index (χ1v) is 8.90. The lowest BCUT2D eigenvalue weighted by atomic mass is 10.0. The number of methoxy groups -OCH3 is 1. The molecule has 3 heterocycles. The largest absolute Gasteiger partial charge is 0.477 e. The van der Waals surface area contributed by atoms with Crippen molar-refractivity contribution in [1.82, 2.24) is 15.3 Å². The van der Waals surface area contributed by atoms with Gasteiger partial charge in [-0.05, 0) is 31.5 Å². The van der Waals surface area contributed by atoms with Crippen molar-refractivity contribution in [1.29, 1.82) is 0 Å². The molecule has 144 valence electrons. The first-order valence-electron chi connectivity index (χ1n) is 8.52. The Morgan fingerprint density at radius 1 is 1.44 bits per heavy atom. The summed E-state index contributed by atoms with van der Waals surface area (Å²) in [7, 11) is 1.60. The molecular weight excluding hydrogens is 372 g/mol. The Morgan fingerprint density at radius 3 is 2.85 bits per heavy atom. The summed E-state index contributed by atoms with van der Waals surface area (Å²) in [6, 6.07) is 4.74. The molecule has 1 aliphatic rings. The molecule has 0 aliphatic carbocycles. The molecule has 1 aliphatic heterocycles. The number of halogens is 1. The highest BCUT2D eigenvalue weighted by molar-refractivity contribution is 6.31. The first-order chi connectivity index (χ1) is 12.9. The second kappa shape index (κ2) is 7.98. The summed E-state index contributed by atoms with van der Waals surface area (Å²) in [4.78, 5) is 32.4. The van der Waals surface area contributed by atoms with Crippen LogP contribution in [0, 0.1) is 6.92 Å². The molecule has 0 aromatic carbocycles. The van der Waals surface area contributed by atoms with Crippen LogP contribution in [0.3, 0.4) is 0 Å². The minimum atomic E-state index is -1.07. The zero-order valence-electron chi connectivity index (χ0n) is 15.0. The summed E-state index contributed by atoms with van der Waals surface area (Å²) in [5, 5.41) is 12.6. The minimum Gasteiger partial charge on any atom is -0.477 e. The van der Waals surface area contributed by atoms with Crippen LogP contribution in [0.2, 0.25) is 5.02 Å². The van der Waals surface area contributed by atoms with Crippen molar-refractivity contribution < 1.29 is 19.4 Å². The molecule has 1 amide bonds. The molecule has 0 saturated carbocycles. The van der Waals surface area contributed by atoms with Crippen LogP contribution < -0.4 is 10.2 Å². The van der Waals surface area contributed by atoms with E-state index in [2.05, 4.69) is 15.3 Å². The number of aromatic carboxylic acids is 1. The molecule has 0 radical (unpaired) electrons. The van der Waals surface area contributed by atoms with Gasteiger partial charge in [-0.25, -0.2) is 9.78 Å². The number of carboxylic acids is 1. The second-order valence-electron chi connectivity index (χ2n) is 6.45. The number of ether oxygens (including phenoxy) is 1. The molecule has 9 heteroatoms. The third-order valence-electron chi connectivity index (χ3n) is 4.70. The van der Waals surface area contributed by atoms with Crippen molar-refractivity contribution in [2.45, 2.75) is 25.5 Å². The number of hydrogen-bond donors (Lipinski definition) is 3. The number of anilines is 1. The molecule has 3 N–H and O–H groups in total. The number of nitrogens with zero attached hydrogens (tertiary/aromatic N) is 2. The fraction of sp³-hybridized carbons (Fsp3) is 0.389. The van der Waals surface area contributed by atoms with Crippen LogP contribution in [0.25, 0.3) is 0 Å². The van der Waals surface area contributed by atoms with Gasteiger partial charge in [0.25, 0.3) is 5.91 Å². The Labute approximate surface area is 161 Å². The van der Waals surface area contributed by atoms with Crippen molar-refractivity contribution in [2.75, 3.05) is 25.1 Å². The summed E-state index contributed by atoms with van der Waals surface area (Å²) in [5.41, 5.74) is 1.92. The highest BCUT2D eigenvalue weighted by Gasteiger charge is 2.31. The Balaban J connectivity index is 1.68. The Bertz CT molecular complexity index is 834. The number of aromatic amines is 1. The molecule has 0 unspecified atom stereocenters. The van der Waals surface area contributed by atoms with Gasteiger partial charge in [0, 0.05) is 37.8 Å². The van der Waals surface area contributed by atoms with Gasteiger partial charge in [0.1, 0.15) is 11.4 Å². The summed E-state index contributed by atoms with van der Waals surface area (Å²) >= 11 is 6.00. The van der Waals surface area contributed by atoms with E-state index in [1.54, 1.807) is 26.2 Å². The molecule has 3 rings (SSSR count). The molecule has 0 bridgehead atoms. The average molecular weight is 393 g/mol. The number of piperidine rings is 1. The van der Waals surface area contributed by atoms with Crippen LogP contribution in [0.1, 0.15) is 33.1 Å². The van der Waals surface area contributed by atoms with E-state index in [1.807, 2.05) is 4.90 Å². The smallest absolute Gasteiger partial charge is 0.354 e. The summed E-state index contributed by atoms with van der Waals surface area (Å²) in [6.45, 7) is 2.98. The van der Waals surface area contributed by atoms with E-state index in [-0.39, 0.29) is 23.7 Å². The molecule has 2 atom stereocenters. The fourth-order valence-corrected chi connectivity index (χ4v) is 3.35. The van der Waals surface area contributed by atoms with Gasteiger partial charge in [-0.3, -0.25) is 4.79 Å². The first kappa shape index (κ1) is 19.2. The van der Waals surface area contributed by atoms with Crippen LogP contribution in [0.5, 0.6) is 0 Å². The molecule has 1 fully saturated rings. The molecular formula is C18H21ClN4O4. The number of carboxylic acid groups (broad SMARTS) is 1. The van der Waals surface area contributed by atoms with Crippen molar-refractivity contribution in [3.05, 3.63) is 46.5 Å². The molecule has 8 nitrogen and oxygen atoms in total. The lowest BCUT2D eigenvalue weighted by Crippen LogP contribution is -2.55. The van der Waals surface area contributed by atoms with Crippen LogP contribution in [-0.2, 0) is 4.74 Å². The van der Waals surface area contributed by atoms with Crippen molar-refractivity contribution in [3.8, 4) is 0 Å². The number of pyridine rings is 1. The zero-order valence-corrected chi connectivity index (χ0v) is 15.8. The van der Waals surface area contributed by atoms with Crippen molar-refractivity contribution in [2.24, 2.45) is 0 Å². The van der Waals surface area contributed by atoms with Gasteiger partial charge < -0.3 is 25.0 Å². The Morgan fingerprint density at radius 2 is 2.22 bits per heavy atom. The van der Waals surface area contributed by atoms with E-state index in [4.69, 9.17) is 21.4 Å². The van der Waals surface area contributed by atoms with Gasteiger partial charge in [0.2, 0.25) is 0 Å². The highest BCUT2D eigenvalue weighted by Crippen LogP contribution is 2.23. The van der Waals surface area contributed by atoms with E-state index in [0.717, 1.165) is 11.4 Å². The number of amides is 1. The van der Waals surface area contributed by atoms with Gasteiger partial charge in [0.15, 0.2) is 0 Å². The van der Waals surface area contributed by atoms with Gasteiger partial charge >= 0.3 is 5.97 Å². The van der Waals surface area contributed by atoms with Gasteiger partial charge in [-0.1, -0.05) is 11.6 Å². The van der Waals surface area contributed by atoms with Crippen LogP contribution in [-0.4, -0.2) is 59.3 Å². The summed E-state index contributed by atoms with van der Waals surface area (Å²) in [5.74, 6) is -1.30. The third-order valence-corrected chi connectivity index (χ3v) is 5.09. The number of aryl methyl sites for hydroxylation is 1. The third kappa shape index (κ3) is 4.23. The monoisotopic (exact) mass is 392 g/mol. The lowest BCUT2D eigenvalue weighted by molar-refractivity contribution is 0.0540. The predicted molar refractivity (Wildman–Crippen MR) is 101 cm³/mol. The van der Waals surface area contributed by atoms with Gasteiger partial charge in [-0.2, -0.15) is 0 Å². The topological polar surface area (TPSA) is 108 Å². The van der Waals surface area contributed by atoms with E-state index in [9.17, 15) is 9.59 Å². The van der Waals surface area contributed by atoms with E-state index < -0.39 is 5.97 Å². The minimum absolute atomic E-state index is 0.00381. The van der Waals surface area contributed by atoms with Crippen LogP contribution >= 0.6 is 11.6 Å². The zero-order chi connectivity index (χ0) is 19.6. The number of rotatable bonds is 5. The number of carbonyl (C=O) groups is 2. The number of carbonyl (C=O) groups excluding carboxylic acids is 1. The summed E-state index contributed by atoms with van der Waals surface area (Å²) in [6.07, 6.45) is 1.89. The van der Waals surface area contributed by atoms with Crippen LogP contribution in [0.4, 0.5) is 5.69 Å². The maximum Gasteiger partial charge on any atom is 0.354 e. The summed E-state index contributed by atoms with van der Waals surface area (Å²) < 4.78 is 5.57. The quantitative estimate of drug-likeness (QED) is 0.719. The van der Waals surface area contributed by atoms with Crippen molar-refractivity contribution in [3.63, 3.8) is 0 Å². The van der Waals surface area contributed by atoms with Gasteiger partial charge in [0.05, 0.1) is 17.2 Å². The normalized spacial score (nSPS) is 19.7. The Kier molecular flexibility index (Phi) is 5.67. The van der Waals surface area contributed by atoms with Crippen LogP contribution in [0.15, 0.2) is 24.4 Å². The molecule has 27 heavy (non-hydrogen) atoms. The Hall–Kier alpha value is -2.58. The fourth-order valence-electron chi connectivity index (χ4n) is 3.19. The maximum atomic E-state index is 12.5. The number of aromatic nitrogens is 2. The van der Waals surface area contributed by atoms with E-state index in [0.29, 0.717) is 30.2 Å². The standard InChI is InChI=1S/C18H21ClN4O4/c1-10-12(19)8-14(21-10)17(24)22-13-4-6-23(9-16(13)27-2)11-3-5-20-15(7-11)18(25)26/h3,5,7-8,13,16,21H,4,6,9H2,1-2H3,(H,22,24)(H,25,26)/t13-,16+/m1/s1. The number of nitrogens with one attached hydrogen (secondary N) is 2. The second-order valence-corrected chi connectivity index (χ2v) is 6.86. The van der Waals surface area contributed by atoms with Gasteiger partial charge in [-0.15, -0.1) is 0 Å². The average Bonchev–Trinajstić information content (AvgIpc) is 3.01. The highest BCUT2D eigenvalue weighted by atomic mass is 35.5.